The quantitative estimate of drug-likeness (QED) is 0.686. The Bertz CT molecular complexity index is 319. The van der Waals surface area contributed by atoms with Gasteiger partial charge < -0.3 is 0 Å². The predicted octanol–water partition coefficient (Wildman–Crippen LogP) is 4.77. The normalized spacial score (nSPS) is 14.9. The summed E-state index contributed by atoms with van der Waals surface area (Å²) in [7, 11) is 0. The van der Waals surface area contributed by atoms with Gasteiger partial charge in [-0.15, -0.1) is 0 Å². The van der Waals surface area contributed by atoms with Crippen molar-refractivity contribution in [1.82, 2.24) is 0 Å². The molecule has 0 saturated carbocycles. The minimum atomic E-state index is -4.12. The maximum Gasteiger partial charge on any atom is 0.389 e. The van der Waals surface area contributed by atoms with E-state index in [9.17, 15) is 13.2 Å². The minimum absolute atomic E-state index is 0.392. The third-order valence-electron chi connectivity index (χ3n) is 2.68. The molecule has 1 unspecified atom stereocenters. The Labute approximate surface area is 94.5 Å². The van der Waals surface area contributed by atoms with Gasteiger partial charge in [-0.25, -0.2) is 0 Å². The Morgan fingerprint density at radius 3 is 1.88 bits per heavy atom. The Morgan fingerprint density at radius 2 is 1.50 bits per heavy atom. The van der Waals surface area contributed by atoms with Crippen molar-refractivity contribution in [1.29, 1.82) is 0 Å². The van der Waals surface area contributed by atoms with Crippen LogP contribution in [0.5, 0.6) is 0 Å². The van der Waals surface area contributed by atoms with Gasteiger partial charge >= 0.3 is 6.18 Å². The third kappa shape index (κ3) is 3.87. The van der Waals surface area contributed by atoms with E-state index in [1.54, 1.807) is 24.3 Å². The number of halogens is 3. The van der Waals surface area contributed by atoms with Crippen LogP contribution in [0.4, 0.5) is 13.2 Å². The van der Waals surface area contributed by atoms with Gasteiger partial charge in [0.05, 0.1) is 6.42 Å². The second-order valence-corrected chi connectivity index (χ2v) is 5.15. The van der Waals surface area contributed by atoms with Gasteiger partial charge in [-0.2, -0.15) is 13.2 Å². The van der Waals surface area contributed by atoms with Crippen molar-refractivity contribution in [2.45, 2.75) is 39.3 Å². The predicted molar refractivity (Wildman–Crippen MR) is 59.3 cm³/mol. The Hall–Kier alpha value is -0.990. The first kappa shape index (κ1) is 13.1. The van der Waals surface area contributed by atoms with E-state index < -0.39 is 23.9 Å². The van der Waals surface area contributed by atoms with E-state index in [4.69, 9.17) is 0 Å². The summed E-state index contributed by atoms with van der Waals surface area (Å²) >= 11 is 0. The molecule has 0 heterocycles. The first-order valence-corrected chi connectivity index (χ1v) is 5.32. The molecule has 0 amide bonds. The number of rotatable bonds is 2. The molecule has 0 radical (unpaired) electrons. The molecule has 0 aliphatic rings. The van der Waals surface area contributed by atoms with Crippen LogP contribution in [0.3, 0.4) is 0 Å². The maximum atomic E-state index is 12.5. The van der Waals surface area contributed by atoms with Crippen LogP contribution in [0.1, 0.15) is 38.7 Å². The summed E-state index contributed by atoms with van der Waals surface area (Å²) < 4.78 is 37.6. The fourth-order valence-corrected chi connectivity index (χ4v) is 1.84. The van der Waals surface area contributed by atoms with E-state index in [-0.39, 0.29) is 0 Å². The Kier molecular flexibility index (Phi) is 3.66. The molecule has 1 aromatic rings. The number of hydrogen-bond acceptors (Lipinski definition) is 0. The molecule has 90 valence electrons. The lowest BCUT2D eigenvalue weighted by Gasteiger charge is -2.31. The lowest BCUT2D eigenvalue weighted by Crippen LogP contribution is -2.24. The molecular formula is C13H17F3. The van der Waals surface area contributed by atoms with E-state index in [0.29, 0.717) is 0 Å². The maximum absolute atomic E-state index is 12.5. The number of alkyl halides is 3. The lowest BCUT2D eigenvalue weighted by atomic mass is 9.74. The minimum Gasteiger partial charge on any atom is -0.171 e. The highest BCUT2D eigenvalue weighted by atomic mass is 19.4. The van der Waals surface area contributed by atoms with E-state index in [1.807, 2.05) is 26.8 Å². The van der Waals surface area contributed by atoms with Crippen LogP contribution < -0.4 is 0 Å². The monoisotopic (exact) mass is 230 g/mol. The highest BCUT2D eigenvalue weighted by Gasteiger charge is 2.37. The summed E-state index contributed by atoms with van der Waals surface area (Å²) in [5.74, 6) is -0.492. The molecule has 0 nitrogen and oxygen atoms in total. The second-order valence-electron chi connectivity index (χ2n) is 5.15. The molecule has 1 rings (SSSR count). The summed E-state index contributed by atoms with van der Waals surface area (Å²) in [6.07, 6.45) is -4.88. The summed E-state index contributed by atoms with van der Waals surface area (Å²) in [4.78, 5) is 0. The molecule has 0 fully saturated rings. The van der Waals surface area contributed by atoms with Crippen molar-refractivity contribution in [2.24, 2.45) is 5.41 Å². The van der Waals surface area contributed by atoms with Crippen LogP contribution in [-0.4, -0.2) is 6.18 Å². The average Bonchev–Trinajstić information content (AvgIpc) is 2.13. The van der Waals surface area contributed by atoms with Crippen LogP contribution in [0.2, 0.25) is 0 Å². The van der Waals surface area contributed by atoms with Crippen LogP contribution in [0.15, 0.2) is 30.3 Å². The van der Waals surface area contributed by atoms with Gasteiger partial charge in [-0.3, -0.25) is 0 Å². The average molecular weight is 230 g/mol. The molecule has 0 aliphatic carbocycles. The van der Waals surface area contributed by atoms with Crippen molar-refractivity contribution in [2.75, 3.05) is 0 Å². The third-order valence-corrected chi connectivity index (χ3v) is 2.68. The summed E-state index contributed by atoms with van der Waals surface area (Å²) in [6, 6.07) is 8.91. The zero-order valence-electron chi connectivity index (χ0n) is 9.81. The van der Waals surface area contributed by atoms with Gasteiger partial charge in [-0.05, 0) is 16.9 Å². The zero-order chi connectivity index (χ0) is 12.4. The fourth-order valence-electron chi connectivity index (χ4n) is 1.84. The summed E-state index contributed by atoms with van der Waals surface area (Å²) in [6.45, 7) is 5.53. The molecule has 0 saturated heterocycles. The zero-order valence-corrected chi connectivity index (χ0v) is 9.81. The molecule has 0 N–H and O–H groups in total. The van der Waals surface area contributed by atoms with Gasteiger partial charge in [0.25, 0.3) is 0 Å². The Morgan fingerprint density at radius 1 is 1.00 bits per heavy atom. The van der Waals surface area contributed by atoms with Gasteiger partial charge in [0.15, 0.2) is 0 Å². The summed E-state index contributed by atoms with van der Waals surface area (Å²) in [5, 5.41) is 0. The largest absolute Gasteiger partial charge is 0.389 e. The van der Waals surface area contributed by atoms with Crippen molar-refractivity contribution in [3.05, 3.63) is 35.9 Å². The number of benzene rings is 1. The van der Waals surface area contributed by atoms with Crippen molar-refractivity contribution >= 4 is 0 Å². The van der Waals surface area contributed by atoms with E-state index in [0.717, 1.165) is 5.56 Å². The van der Waals surface area contributed by atoms with E-state index in [2.05, 4.69) is 0 Å². The molecule has 0 aliphatic heterocycles. The van der Waals surface area contributed by atoms with Gasteiger partial charge in [0, 0.05) is 0 Å². The second kappa shape index (κ2) is 4.48. The SMILES string of the molecule is CC(C)(C)C(CC(F)(F)F)c1ccccc1. The van der Waals surface area contributed by atoms with Crippen molar-refractivity contribution < 1.29 is 13.2 Å². The molecule has 0 spiro atoms. The molecule has 0 bridgehead atoms. The highest BCUT2D eigenvalue weighted by molar-refractivity contribution is 5.21. The molecular weight excluding hydrogens is 213 g/mol. The first-order valence-electron chi connectivity index (χ1n) is 5.32. The molecule has 16 heavy (non-hydrogen) atoms. The first-order chi connectivity index (χ1) is 7.20. The Balaban J connectivity index is 2.98. The van der Waals surface area contributed by atoms with Gasteiger partial charge in [0.1, 0.15) is 0 Å². The molecule has 0 aromatic heterocycles. The van der Waals surface area contributed by atoms with Crippen molar-refractivity contribution in [3.8, 4) is 0 Å². The highest BCUT2D eigenvalue weighted by Crippen LogP contribution is 2.42. The van der Waals surface area contributed by atoms with Crippen LogP contribution in [0, 0.1) is 5.41 Å². The standard InChI is InChI=1S/C13H17F3/c1-12(2,3)11(9-13(14,15)16)10-7-5-4-6-8-10/h4-8,11H,9H2,1-3H3. The molecule has 1 atom stereocenters. The molecule has 1 aromatic carbocycles. The van der Waals surface area contributed by atoms with Gasteiger partial charge in [-0.1, -0.05) is 51.1 Å². The summed E-state index contributed by atoms with van der Waals surface area (Å²) in [5.41, 5.74) is 0.365. The topological polar surface area (TPSA) is 0 Å². The molecule has 3 heteroatoms. The lowest BCUT2D eigenvalue weighted by molar-refractivity contribution is -0.144. The van der Waals surface area contributed by atoms with E-state index >= 15 is 0 Å². The van der Waals surface area contributed by atoms with Crippen LogP contribution >= 0.6 is 0 Å². The van der Waals surface area contributed by atoms with Crippen LogP contribution in [0.25, 0.3) is 0 Å². The van der Waals surface area contributed by atoms with Crippen molar-refractivity contribution in [3.63, 3.8) is 0 Å². The smallest absolute Gasteiger partial charge is 0.171 e. The van der Waals surface area contributed by atoms with Gasteiger partial charge in [0.2, 0.25) is 0 Å². The number of hydrogen-bond donors (Lipinski definition) is 0. The fraction of sp³-hybridized carbons (Fsp3) is 0.538. The van der Waals surface area contributed by atoms with Crippen LogP contribution in [-0.2, 0) is 0 Å². The van der Waals surface area contributed by atoms with E-state index in [1.165, 1.54) is 0 Å².